The summed E-state index contributed by atoms with van der Waals surface area (Å²) in [6, 6.07) is 7.68. The van der Waals surface area contributed by atoms with Crippen LogP contribution in [0.15, 0.2) is 24.5 Å². The van der Waals surface area contributed by atoms with Crippen molar-refractivity contribution < 1.29 is 4.74 Å². The third kappa shape index (κ3) is 4.41. The fourth-order valence-corrected chi connectivity index (χ4v) is 3.95. The molecule has 27 heavy (non-hydrogen) atoms. The number of thiazole rings is 1. The van der Waals surface area contributed by atoms with E-state index in [0.717, 1.165) is 33.0 Å². The number of nitrogens with two attached hydrogens (primary N) is 1. The lowest BCUT2D eigenvalue weighted by atomic mass is 9.93. The van der Waals surface area contributed by atoms with E-state index in [9.17, 15) is 5.26 Å². The number of hydrogen-bond donors (Lipinski definition) is 1. The van der Waals surface area contributed by atoms with Gasteiger partial charge in [0.2, 0.25) is 0 Å². The van der Waals surface area contributed by atoms with Gasteiger partial charge in [-0.25, -0.2) is 15.0 Å². The van der Waals surface area contributed by atoms with Gasteiger partial charge in [0.15, 0.2) is 0 Å². The van der Waals surface area contributed by atoms with Crippen molar-refractivity contribution in [1.29, 1.82) is 5.26 Å². The molecule has 3 aromatic rings. The molecule has 2 heterocycles. The standard InChI is InChI=1S/C20H23N5OS/c1-12(2)8-20(4,22)10-26-16-6-5-14(7-15(16)9-21)17-18-19(24-11-23-17)27-13(3)25-18/h5-7,11-12H,8,10,22H2,1-4H3. The number of aromatic nitrogens is 3. The van der Waals surface area contributed by atoms with Crippen LogP contribution in [0.2, 0.25) is 0 Å². The van der Waals surface area contributed by atoms with Crippen LogP contribution in [0.1, 0.15) is 37.8 Å². The van der Waals surface area contributed by atoms with E-state index in [1.807, 2.05) is 19.9 Å². The van der Waals surface area contributed by atoms with Crippen LogP contribution in [0.5, 0.6) is 5.75 Å². The van der Waals surface area contributed by atoms with Crippen molar-refractivity contribution in [3.63, 3.8) is 0 Å². The number of fused-ring (bicyclic) bond motifs is 1. The largest absolute Gasteiger partial charge is 0.490 e. The van der Waals surface area contributed by atoms with E-state index in [0.29, 0.717) is 23.8 Å². The Bertz CT molecular complexity index is 1000. The molecule has 0 aliphatic rings. The fraction of sp³-hybridized carbons (Fsp3) is 0.400. The Hall–Kier alpha value is -2.56. The van der Waals surface area contributed by atoms with Gasteiger partial charge in [0.25, 0.3) is 0 Å². The van der Waals surface area contributed by atoms with Gasteiger partial charge >= 0.3 is 0 Å². The molecule has 0 bridgehead atoms. The number of nitriles is 1. The van der Waals surface area contributed by atoms with Gasteiger partial charge in [-0.15, -0.1) is 0 Å². The molecule has 0 fully saturated rings. The Labute approximate surface area is 163 Å². The Morgan fingerprint density at radius 1 is 1.33 bits per heavy atom. The number of hydrogen-bond acceptors (Lipinski definition) is 7. The highest BCUT2D eigenvalue weighted by Crippen LogP contribution is 2.31. The molecule has 0 saturated carbocycles. The maximum atomic E-state index is 9.57. The van der Waals surface area contributed by atoms with Gasteiger partial charge in [-0.2, -0.15) is 5.26 Å². The molecule has 0 amide bonds. The molecule has 0 radical (unpaired) electrons. The van der Waals surface area contributed by atoms with Gasteiger partial charge in [0.1, 0.15) is 40.8 Å². The highest BCUT2D eigenvalue weighted by molar-refractivity contribution is 7.18. The number of rotatable bonds is 6. The van der Waals surface area contributed by atoms with Crippen molar-refractivity contribution in [1.82, 2.24) is 15.0 Å². The van der Waals surface area contributed by atoms with Gasteiger partial charge in [-0.05, 0) is 44.4 Å². The quantitative estimate of drug-likeness (QED) is 0.691. The molecule has 2 N–H and O–H groups in total. The summed E-state index contributed by atoms with van der Waals surface area (Å²) >= 11 is 1.52. The summed E-state index contributed by atoms with van der Waals surface area (Å²) in [5.41, 5.74) is 8.60. The zero-order valence-electron chi connectivity index (χ0n) is 16.0. The second-order valence-electron chi connectivity index (χ2n) is 7.47. The van der Waals surface area contributed by atoms with Gasteiger partial charge in [-0.3, -0.25) is 0 Å². The molecule has 7 heteroatoms. The predicted molar refractivity (Wildman–Crippen MR) is 108 cm³/mol. The van der Waals surface area contributed by atoms with Gasteiger partial charge in [0, 0.05) is 11.1 Å². The van der Waals surface area contributed by atoms with Crippen LogP contribution >= 0.6 is 11.3 Å². The van der Waals surface area contributed by atoms with Crippen LogP contribution in [-0.4, -0.2) is 27.1 Å². The minimum Gasteiger partial charge on any atom is -0.490 e. The summed E-state index contributed by atoms with van der Waals surface area (Å²) in [7, 11) is 0. The fourth-order valence-electron chi connectivity index (χ4n) is 3.19. The van der Waals surface area contributed by atoms with Crippen molar-refractivity contribution in [2.75, 3.05) is 6.61 Å². The Balaban J connectivity index is 1.89. The normalized spacial score (nSPS) is 13.5. The summed E-state index contributed by atoms with van der Waals surface area (Å²) < 4.78 is 5.88. The van der Waals surface area contributed by atoms with Crippen molar-refractivity contribution in [3.8, 4) is 23.1 Å². The van der Waals surface area contributed by atoms with Crippen molar-refractivity contribution in [2.24, 2.45) is 11.7 Å². The van der Waals surface area contributed by atoms with Crippen molar-refractivity contribution in [3.05, 3.63) is 35.1 Å². The molecule has 0 saturated heterocycles. The first kappa shape index (κ1) is 19.2. The van der Waals surface area contributed by atoms with E-state index in [-0.39, 0.29) is 0 Å². The predicted octanol–water partition coefficient (Wildman–Crippen LogP) is 4.08. The summed E-state index contributed by atoms with van der Waals surface area (Å²) in [6.45, 7) is 8.51. The highest BCUT2D eigenvalue weighted by atomic mass is 32.1. The van der Waals surface area contributed by atoms with Gasteiger partial charge in [0.05, 0.1) is 10.6 Å². The van der Waals surface area contributed by atoms with Crippen LogP contribution in [0.4, 0.5) is 0 Å². The maximum absolute atomic E-state index is 9.57. The lowest BCUT2D eigenvalue weighted by Crippen LogP contribution is -2.43. The zero-order chi connectivity index (χ0) is 19.6. The molecule has 1 atom stereocenters. The SMILES string of the molecule is Cc1nc2c(-c3ccc(OCC(C)(N)CC(C)C)c(C#N)c3)ncnc2s1. The van der Waals surface area contributed by atoms with Crippen molar-refractivity contribution in [2.45, 2.75) is 39.7 Å². The van der Waals surface area contributed by atoms with Crippen LogP contribution < -0.4 is 10.5 Å². The molecular weight excluding hydrogens is 358 g/mol. The third-order valence-electron chi connectivity index (χ3n) is 4.11. The van der Waals surface area contributed by atoms with E-state index in [1.54, 1.807) is 12.1 Å². The molecule has 1 unspecified atom stereocenters. The Morgan fingerprint density at radius 2 is 2.11 bits per heavy atom. The lowest BCUT2D eigenvalue weighted by Gasteiger charge is -2.26. The molecule has 1 aromatic carbocycles. The van der Waals surface area contributed by atoms with E-state index < -0.39 is 5.54 Å². The molecule has 3 rings (SSSR count). The summed E-state index contributed by atoms with van der Waals surface area (Å²) in [5, 5.41) is 10.5. The number of ether oxygens (including phenoxy) is 1. The average molecular weight is 382 g/mol. The van der Waals surface area contributed by atoms with E-state index in [1.165, 1.54) is 17.7 Å². The van der Waals surface area contributed by atoms with E-state index in [2.05, 4.69) is 34.9 Å². The number of benzene rings is 1. The first-order valence-corrected chi connectivity index (χ1v) is 9.65. The maximum Gasteiger partial charge on any atom is 0.147 e. The third-order valence-corrected chi connectivity index (χ3v) is 4.99. The summed E-state index contributed by atoms with van der Waals surface area (Å²) in [6.07, 6.45) is 2.37. The number of aryl methyl sites for hydroxylation is 1. The van der Waals surface area contributed by atoms with Crippen LogP contribution in [0.3, 0.4) is 0 Å². The first-order chi connectivity index (χ1) is 12.8. The van der Waals surface area contributed by atoms with Crippen LogP contribution in [-0.2, 0) is 0 Å². The molecular formula is C20H23N5OS. The average Bonchev–Trinajstić information content (AvgIpc) is 2.99. The van der Waals surface area contributed by atoms with Gasteiger partial charge in [-0.1, -0.05) is 25.2 Å². The highest BCUT2D eigenvalue weighted by Gasteiger charge is 2.22. The van der Waals surface area contributed by atoms with E-state index >= 15 is 0 Å². The molecule has 0 aliphatic carbocycles. The summed E-state index contributed by atoms with van der Waals surface area (Å²) in [5.74, 6) is 1.00. The minimum atomic E-state index is -0.448. The van der Waals surface area contributed by atoms with Crippen molar-refractivity contribution >= 4 is 21.7 Å². The summed E-state index contributed by atoms with van der Waals surface area (Å²) in [4.78, 5) is 14.0. The Kier molecular flexibility index (Phi) is 5.40. The molecule has 2 aromatic heterocycles. The monoisotopic (exact) mass is 381 g/mol. The smallest absolute Gasteiger partial charge is 0.147 e. The van der Waals surface area contributed by atoms with Crippen LogP contribution in [0, 0.1) is 24.2 Å². The molecule has 140 valence electrons. The zero-order valence-corrected chi connectivity index (χ0v) is 16.8. The first-order valence-electron chi connectivity index (χ1n) is 8.83. The second-order valence-corrected chi connectivity index (χ2v) is 8.65. The number of nitrogens with zero attached hydrogens (tertiary/aromatic N) is 4. The minimum absolute atomic E-state index is 0.349. The van der Waals surface area contributed by atoms with Gasteiger partial charge < -0.3 is 10.5 Å². The lowest BCUT2D eigenvalue weighted by molar-refractivity contribution is 0.206. The molecule has 0 aliphatic heterocycles. The van der Waals surface area contributed by atoms with E-state index in [4.69, 9.17) is 10.5 Å². The Morgan fingerprint density at radius 3 is 2.81 bits per heavy atom. The molecule has 6 nitrogen and oxygen atoms in total. The topological polar surface area (TPSA) is 97.7 Å². The second kappa shape index (κ2) is 7.59. The van der Waals surface area contributed by atoms with Crippen LogP contribution in [0.25, 0.3) is 21.6 Å². The molecule has 0 spiro atoms.